The summed E-state index contributed by atoms with van der Waals surface area (Å²) in [5.74, 6) is -0.383. The van der Waals surface area contributed by atoms with E-state index >= 15 is 0 Å². The van der Waals surface area contributed by atoms with Crippen LogP contribution in [0.1, 0.15) is 43.4 Å². The van der Waals surface area contributed by atoms with Crippen molar-refractivity contribution >= 4 is 5.97 Å². The molecule has 0 saturated heterocycles. The summed E-state index contributed by atoms with van der Waals surface area (Å²) in [6.07, 6.45) is 7.82. The molecule has 0 aliphatic carbocycles. The molecule has 28 heavy (non-hydrogen) atoms. The Morgan fingerprint density at radius 3 is 2.46 bits per heavy atom. The number of aryl methyl sites for hydroxylation is 2. The largest absolute Gasteiger partial charge is 0.457 e. The first-order valence-electron chi connectivity index (χ1n) is 9.81. The van der Waals surface area contributed by atoms with Gasteiger partial charge < -0.3 is 9.84 Å². The number of aliphatic hydroxyl groups is 1. The highest BCUT2D eigenvalue weighted by Gasteiger charge is 2.10. The lowest BCUT2D eigenvalue weighted by Gasteiger charge is -2.13. The molecule has 0 heterocycles. The molecular formula is C25H30O3. The summed E-state index contributed by atoms with van der Waals surface area (Å²) in [5, 5.41) is 9.09. The predicted molar refractivity (Wildman–Crippen MR) is 115 cm³/mol. The minimum atomic E-state index is -0.383. The van der Waals surface area contributed by atoms with Gasteiger partial charge in [-0.3, -0.25) is 0 Å². The highest BCUT2D eigenvalue weighted by molar-refractivity contribution is 5.87. The SMILES string of the molecule is C=C(C)C(=O)OCc1cc(CCCO)ccc1-c1ccc(CC/C=C/C)cc1. The minimum absolute atomic E-state index is 0.163. The first kappa shape index (κ1) is 21.6. The van der Waals surface area contributed by atoms with Gasteiger partial charge in [0.15, 0.2) is 0 Å². The molecule has 148 valence electrons. The summed E-state index contributed by atoms with van der Waals surface area (Å²) in [7, 11) is 0. The number of carbonyl (C=O) groups is 1. The van der Waals surface area contributed by atoms with Gasteiger partial charge in [0.2, 0.25) is 0 Å². The van der Waals surface area contributed by atoms with Crippen LogP contribution in [-0.4, -0.2) is 17.7 Å². The molecule has 3 heteroatoms. The van der Waals surface area contributed by atoms with Crippen molar-refractivity contribution in [3.8, 4) is 11.1 Å². The third-order valence-electron chi connectivity index (χ3n) is 4.60. The highest BCUT2D eigenvalue weighted by atomic mass is 16.5. The molecule has 0 aliphatic heterocycles. The van der Waals surface area contributed by atoms with E-state index in [9.17, 15) is 4.79 Å². The molecule has 2 aromatic carbocycles. The van der Waals surface area contributed by atoms with Crippen molar-refractivity contribution in [2.24, 2.45) is 0 Å². The molecule has 0 aromatic heterocycles. The lowest BCUT2D eigenvalue weighted by molar-refractivity contribution is -0.140. The molecule has 0 saturated carbocycles. The Balaban J connectivity index is 2.25. The Kier molecular flexibility index (Phi) is 8.70. The van der Waals surface area contributed by atoms with Crippen LogP contribution in [-0.2, 0) is 29.0 Å². The van der Waals surface area contributed by atoms with Gasteiger partial charge in [-0.25, -0.2) is 4.79 Å². The second kappa shape index (κ2) is 11.3. The zero-order valence-corrected chi connectivity index (χ0v) is 16.9. The number of carbonyl (C=O) groups excluding carboxylic acids is 1. The lowest BCUT2D eigenvalue weighted by atomic mass is 9.95. The summed E-state index contributed by atoms with van der Waals surface area (Å²) in [4.78, 5) is 11.8. The van der Waals surface area contributed by atoms with Gasteiger partial charge in [0.05, 0.1) is 0 Å². The molecule has 0 atom stereocenters. The molecule has 0 aliphatic rings. The van der Waals surface area contributed by atoms with Gasteiger partial charge in [-0.15, -0.1) is 0 Å². The van der Waals surface area contributed by atoms with Crippen molar-refractivity contribution < 1.29 is 14.6 Å². The Bertz CT molecular complexity index is 816. The Morgan fingerprint density at radius 1 is 1.11 bits per heavy atom. The van der Waals surface area contributed by atoms with Gasteiger partial charge in [-0.05, 0) is 67.3 Å². The summed E-state index contributed by atoms with van der Waals surface area (Å²) < 4.78 is 5.40. The fraction of sp³-hybridized carbons (Fsp3) is 0.320. The van der Waals surface area contributed by atoms with E-state index in [1.807, 2.05) is 6.92 Å². The van der Waals surface area contributed by atoms with E-state index in [1.165, 1.54) is 5.56 Å². The molecule has 2 rings (SSSR count). The maximum Gasteiger partial charge on any atom is 0.333 e. The fourth-order valence-electron chi connectivity index (χ4n) is 3.02. The van der Waals surface area contributed by atoms with Crippen LogP contribution in [0, 0.1) is 0 Å². The summed E-state index contributed by atoms with van der Waals surface area (Å²) in [6.45, 7) is 7.69. The number of ether oxygens (including phenoxy) is 1. The predicted octanol–water partition coefficient (Wildman–Crippen LogP) is 5.41. The number of aliphatic hydroxyl groups excluding tert-OH is 1. The average molecular weight is 379 g/mol. The van der Waals surface area contributed by atoms with Gasteiger partial charge in [-0.1, -0.05) is 61.2 Å². The molecule has 0 bridgehead atoms. The van der Waals surface area contributed by atoms with Crippen LogP contribution in [0.3, 0.4) is 0 Å². The lowest BCUT2D eigenvalue weighted by Crippen LogP contribution is -2.06. The monoisotopic (exact) mass is 378 g/mol. The first-order valence-corrected chi connectivity index (χ1v) is 9.81. The smallest absolute Gasteiger partial charge is 0.333 e. The molecule has 1 N–H and O–H groups in total. The topological polar surface area (TPSA) is 46.5 Å². The molecule has 0 unspecified atom stereocenters. The van der Waals surface area contributed by atoms with Crippen LogP contribution in [0.15, 0.2) is 66.8 Å². The van der Waals surface area contributed by atoms with E-state index < -0.39 is 0 Å². The molecule has 2 aromatic rings. The highest BCUT2D eigenvalue weighted by Crippen LogP contribution is 2.27. The molecule has 0 radical (unpaired) electrons. The Morgan fingerprint density at radius 2 is 1.82 bits per heavy atom. The molecule has 0 amide bonds. The fourth-order valence-corrected chi connectivity index (χ4v) is 3.02. The number of hydrogen-bond acceptors (Lipinski definition) is 3. The third kappa shape index (κ3) is 6.50. The second-order valence-electron chi connectivity index (χ2n) is 6.98. The maximum absolute atomic E-state index is 11.8. The molecule has 0 spiro atoms. The Labute approximate surface area is 168 Å². The number of hydrogen-bond donors (Lipinski definition) is 1. The van der Waals surface area contributed by atoms with Crippen LogP contribution in [0.25, 0.3) is 11.1 Å². The molecule has 3 nitrogen and oxygen atoms in total. The van der Waals surface area contributed by atoms with Crippen LogP contribution < -0.4 is 0 Å². The second-order valence-corrected chi connectivity index (χ2v) is 6.98. The van der Waals surface area contributed by atoms with Crippen molar-refractivity contribution in [1.82, 2.24) is 0 Å². The molecular weight excluding hydrogens is 348 g/mol. The average Bonchev–Trinajstić information content (AvgIpc) is 2.71. The van der Waals surface area contributed by atoms with E-state index in [0.717, 1.165) is 41.5 Å². The van der Waals surface area contributed by atoms with Gasteiger partial charge in [0.1, 0.15) is 6.61 Å². The zero-order valence-electron chi connectivity index (χ0n) is 16.9. The summed E-state index contributed by atoms with van der Waals surface area (Å²) in [6, 6.07) is 14.8. The summed E-state index contributed by atoms with van der Waals surface area (Å²) >= 11 is 0. The van der Waals surface area contributed by atoms with Crippen molar-refractivity contribution in [3.63, 3.8) is 0 Å². The Hall–Kier alpha value is -2.65. The van der Waals surface area contributed by atoms with Crippen LogP contribution >= 0.6 is 0 Å². The standard InChI is InChI=1S/C25H30O3/c1-4-5-6-8-20-10-13-22(14-11-20)24-15-12-21(9-7-16-26)17-23(24)18-28-25(27)19(2)3/h4-5,10-15,17,26H,2,6-9,16,18H2,1,3H3/b5-4+. The van der Waals surface area contributed by atoms with Crippen molar-refractivity contribution in [2.45, 2.75) is 46.1 Å². The molecule has 0 fully saturated rings. The normalized spacial score (nSPS) is 11.0. The summed E-state index contributed by atoms with van der Waals surface area (Å²) in [5.41, 5.74) is 5.95. The number of esters is 1. The van der Waals surface area contributed by atoms with E-state index in [-0.39, 0.29) is 19.2 Å². The van der Waals surface area contributed by atoms with Crippen molar-refractivity contribution in [1.29, 1.82) is 0 Å². The van der Waals surface area contributed by atoms with Crippen molar-refractivity contribution in [2.75, 3.05) is 6.61 Å². The van der Waals surface area contributed by atoms with Gasteiger partial charge >= 0.3 is 5.97 Å². The van der Waals surface area contributed by atoms with E-state index in [2.05, 4.69) is 61.2 Å². The van der Waals surface area contributed by atoms with Crippen molar-refractivity contribution in [3.05, 3.63) is 83.5 Å². The third-order valence-corrected chi connectivity index (χ3v) is 4.60. The van der Waals surface area contributed by atoms with E-state index in [0.29, 0.717) is 12.0 Å². The maximum atomic E-state index is 11.8. The number of rotatable bonds is 10. The van der Waals surface area contributed by atoms with Crippen LogP contribution in [0.5, 0.6) is 0 Å². The van der Waals surface area contributed by atoms with E-state index in [4.69, 9.17) is 9.84 Å². The number of benzene rings is 2. The first-order chi connectivity index (χ1) is 13.5. The van der Waals surface area contributed by atoms with Gasteiger partial charge in [0, 0.05) is 12.2 Å². The van der Waals surface area contributed by atoms with E-state index in [1.54, 1.807) is 6.92 Å². The van der Waals surface area contributed by atoms with Gasteiger partial charge in [0.25, 0.3) is 0 Å². The van der Waals surface area contributed by atoms with Gasteiger partial charge in [-0.2, -0.15) is 0 Å². The van der Waals surface area contributed by atoms with Crippen LogP contribution in [0.4, 0.5) is 0 Å². The zero-order chi connectivity index (χ0) is 20.4. The van der Waals surface area contributed by atoms with Crippen LogP contribution in [0.2, 0.25) is 0 Å². The minimum Gasteiger partial charge on any atom is -0.457 e. The number of allylic oxidation sites excluding steroid dienone is 2. The quantitative estimate of drug-likeness (QED) is 0.342.